The lowest BCUT2D eigenvalue weighted by Crippen LogP contribution is -2.47. The predicted molar refractivity (Wildman–Crippen MR) is 95.5 cm³/mol. The maximum Gasteiger partial charge on any atom is 0.262 e. The van der Waals surface area contributed by atoms with Gasteiger partial charge in [0, 0.05) is 5.02 Å². The third-order valence-corrected chi connectivity index (χ3v) is 4.59. The smallest absolute Gasteiger partial charge is 0.262 e. The Morgan fingerprint density at radius 1 is 1.17 bits per heavy atom. The molecule has 2 amide bonds. The van der Waals surface area contributed by atoms with E-state index in [1.54, 1.807) is 30.3 Å². The van der Waals surface area contributed by atoms with Crippen LogP contribution in [0.15, 0.2) is 35.7 Å². The van der Waals surface area contributed by atoms with Crippen molar-refractivity contribution >= 4 is 52.0 Å². The summed E-state index contributed by atoms with van der Waals surface area (Å²) < 4.78 is 0. The number of thiophene rings is 1. The first-order valence-electron chi connectivity index (χ1n) is 6.98. The molecular formula is C16H16Cl2N2O2S. The number of anilines is 1. The Bertz CT molecular complexity index is 702. The highest BCUT2D eigenvalue weighted by Gasteiger charge is 2.25. The van der Waals surface area contributed by atoms with Gasteiger partial charge in [0.1, 0.15) is 6.04 Å². The van der Waals surface area contributed by atoms with Crippen molar-refractivity contribution in [2.75, 3.05) is 5.32 Å². The molecule has 2 aromatic rings. The van der Waals surface area contributed by atoms with Gasteiger partial charge in [-0.3, -0.25) is 9.59 Å². The van der Waals surface area contributed by atoms with Gasteiger partial charge in [0.15, 0.2) is 0 Å². The molecule has 2 rings (SSSR count). The molecule has 0 aliphatic heterocycles. The molecule has 0 aliphatic rings. The summed E-state index contributed by atoms with van der Waals surface area (Å²) in [5.74, 6) is -0.671. The number of hydrogen-bond donors (Lipinski definition) is 2. The fourth-order valence-corrected chi connectivity index (χ4v) is 3.04. The minimum Gasteiger partial charge on any atom is -0.339 e. The van der Waals surface area contributed by atoms with Crippen molar-refractivity contribution in [3.05, 3.63) is 50.6 Å². The Morgan fingerprint density at radius 3 is 2.48 bits per heavy atom. The number of carbonyl (C=O) groups is 2. The Morgan fingerprint density at radius 2 is 1.91 bits per heavy atom. The topological polar surface area (TPSA) is 58.2 Å². The maximum atomic E-state index is 12.5. The van der Waals surface area contributed by atoms with Crippen molar-refractivity contribution in [1.82, 2.24) is 5.32 Å². The standard InChI is InChI=1S/C16H16Cl2N2O2S/c1-9(2)14(20-15(21)13-4-3-7-23-13)16(22)19-12-6-5-10(17)8-11(12)18/h3-9,14H,1-2H3,(H,19,22)(H,20,21). The molecule has 1 heterocycles. The molecule has 4 nitrogen and oxygen atoms in total. The zero-order valence-corrected chi connectivity index (χ0v) is 14.9. The second-order valence-corrected chi connectivity index (χ2v) is 7.08. The zero-order chi connectivity index (χ0) is 17.0. The molecule has 1 unspecified atom stereocenters. The minimum atomic E-state index is -0.670. The lowest BCUT2D eigenvalue weighted by Gasteiger charge is -2.21. The van der Waals surface area contributed by atoms with E-state index >= 15 is 0 Å². The summed E-state index contributed by atoms with van der Waals surface area (Å²) in [5, 5.41) is 8.13. The van der Waals surface area contributed by atoms with E-state index in [9.17, 15) is 9.59 Å². The van der Waals surface area contributed by atoms with Gasteiger partial charge in [0.05, 0.1) is 15.6 Å². The molecule has 1 atom stereocenters. The molecule has 1 aromatic heterocycles. The number of halogens is 2. The van der Waals surface area contributed by atoms with E-state index in [1.807, 2.05) is 19.2 Å². The van der Waals surface area contributed by atoms with Crippen molar-refractivity contribution < 1.29 is 9.59 Å². The molecular weight excluding hydrogens is 355 g/mol. The lowest BCUT2D eigenvalue weighted by molar-refractivity contribution is -0.118. The molecule has 0 bridgehead atoms. The van der Waals surface area contributed by atoms with Crippen LogP contribution in [0.4, 0.5) is 5.69 Å². The first-order valence-corrected chi connectivity index (χ1v) is 8.62. The van der Waals surface area contributed by atoms with Gasteiger partial charge < -0.3 is 10.6 Å². The predicted octanol–water partition coefficient (Wildman–Crippen LogP) is 4.45. The Labute approximate surface area is 148 Å². The van der Waals surface area contributed by atoms with Crippen LogP contribution in [-0.4, -0.2) is 17.9 Å². The van der Waals surface area contributed by atoms with Crippen LogP contribution in [0.1, 0.15) is 23.5 Å². The Kier molecular flexibility index (Phi) is 6.04. The van der Waals surface area contributed by atoms with Crippen LogP contribution in [0.3, 0.4) is 0 Å². The largest absolute Gasteiger partial charge is 0.339 e. The molecule has 0 aliphatic carbocycles. The van der Waals surface area contributed by atoms with Crippen molar-refractivity contribution in [3.8, 4) is 0 Å². The normalized spacial score (nSPS) is 12.0. The molecule has 0 fully saturated rings. The van der Waals surface area contributed by atoms with Crippen LogP contribution in [0.5, 0.6) is 0 Å². The van der Waals surface area contributed by atoms with Gasteiger partial charge in [-0.15, -0.1) is 11.3 Å². The van der Waals surface area contributed by atoms with E-state index in [0.29, 0.717) is 20.6 Å². The number of rotatable bonds is 5. The van der Waals surface area contributed by atoms with Crippen molar-refractivity contribution in [1.29, 1.82) is 0 Å². The Hall–Kier alpha value is -1.56. The van der Waals surface area contributed by atoms with Crippen LogP contribution in [0.25, 0.3) is 0 Å². The van der Waals surface area contributed by atoms with Crippen LogP contribution in [-0.2, 0) is 4.79 Å². The van der Waals surface area contributed by atoms with Crippen LogP contribution in [0.2, 0.25) is 10.0 Å². The summed E-state index contributed by atoms with van der Waals surface area (Å²) in [6, 6.07) is 7.64. The van der Waals surface area contributed by atoms with E-state index < -0.39 is 6.04 Å². The van der Waals surface area contributed by atoms with Gasteiger partial charge in [-0.25, -0.2) is 0 Å². The number of hydrogen-bond acceptors (Lipinski definition) is 3. The first kappa shape index (κ1) is 17.8. The highest BCUT2D eigenvalue weighted by Crippen LogP contribution is 2.25. The zero-order valence-electron chi connectivity index (χ0n) is 12.6. The van der Waals surface area contributed by atoms with E-state index in [-0.39, 0.29) is 17.7 Å². The maximum absolute atomic E-state index is 12.5. The first-order chi connectivity index (χ1) is 10.9. The quantitative estimate of drug-likeness (QED) is 0.816. The van der Waals surface area contributed by atoms with E-state index in [2.05, 4.69) is 10.6 Å². The third-order valence-electron chi connectivity index (χ3n) is 3.17. The molecule has 0 spiro atoms. The van der Waals surface area contributed by atoms with Crippen molar-refractivity contribution in [2.45, 2.75) is 19.9 Å². The highest BCUT2D eigenvalue weighted by atomic mass is 35.5. The van der Waals surface area contributed by atoms with Gasteiger partial charge in [0.25, 0.3) is 5.91 Å². The number of benzene rings is 1. The van der Waals surface area contributed by atoms with E-state index in [0.717, 1.165) is 0 Å². The van der Waals surface area contributed by atoms with Crippen molar-refractivity contribution in [2.24, 2.45) is 5.92 Å². The fourth-order valence-electron chi connectivity index (χ4n) is 1.96. The Balaban J connectivity index is 2.10. The fraction of sp³-hybridized carbons (Fsp3) is 0.250. The second kappa shape index (κ2) is 7.81. The lowest BCUT2D eigenvalue weighted by atomic mass is 10.0. The minimum absolute atomic E-state index is 0.0787. The van der Waals surface area contributed by atoms with Crippen LogP contribution in [0, 0.1) is 5.92 Å². The second-order valence-electron chi connectivity index (χ2n) is 5.29. The molecule has 122 valence electrons. The number of amides is 2. The van der Waals surface area contributed by atoms with Crippen LogP contribution >= 0.6 is 34.5 Å². The molecule has 0 radical (unpaired) electrons. The monoisotopic (exact) mass is 370 g/mol. The average molecular weight is 371 g/mol. The summed E-state index contributed by atoms with van der Waals surface area (Å²) in [6.07, 6.45) is 0. The SMILES string of the molecule is CC(C)C(NC(=O)c1cccs1)C(=O)Nc1ccc(Cl)cc1Cl. The summed E-state index contributed by atoms with van der Waals surface area (Å²) in [7, 11) is 0. The third kappa shape index (κ3) is 4.70. The van der Waals surface area contributed by atoms with Gasteiger partial charge in [-0.1, -0.05) is 43.1 Å². The van der Waals surface area contributed by atoms with Gasteiger partial charge in [0.2, 0.25) is 5.91 Å². The summed E-state index contributed by atoms with van der Waals surface area (Å²) in [5.41, 5.74) is 0.456. The van der Waals surface area contributed by atoms with Crippen LogP contribution < -0.4 is 10.6 Å². The summed E-state index contributed by atoms with van der Waals surface area (Å²) >= 11 is 13.2. The van der Waals surface area contributed by atoms with Gasteiger partial charge >= 0.3 is 0 Å². The summed E-state index contributed by atoms with van der Waals surface area (Å²) in [4.78, 5) is 25.2. The molecule has 0 saturated carbocycles. The summed E-state index contributed by atoms with van der Waals surface area (Å²) in [6.45, 7) is 3.73. The van der Waals surface area contributed by atoms with E-state index in [1.165, 1.54) is 11.3 Å². The number of nitrogens with one attached hydrogen (secondary N) is 2. The molecule has 2 N–H and O–H groups in total. The van der Waals surface area contributed by atoms with E-state index in [4.69, 9.17) is 23.2 Å². The molecule has 7 heteroatoms. The highest BCUT2D eigenvalue weighted by molar-refractivity contribution is 7.12. The van der Waals surface area contributed by atoms with Crippen molar-refractivity contribution in [3.63, 3.8) is 0 Å². The average Bonchev–Trinajstić information content (AvgIpc) is 3.01. The molecule has 1 aromatic carbocycles. The molecule has 0 saturated heterocycles. The van der Waals surface area contributed by atoms with Gasteiger partial charge in [-0.2, -0.15) is 0 Å². The number of carbonyl (C=O) groups excluding carboxylic acids is 2. The molecule has 23 heavy (non-hydrogen) atoms. The van der Waals surface area contributed by atoms with Gasteiger partial charge in [-0.05, 0) is 35.6 Å².